The molecule has 8 nitrogen and oxygen atoms in total. The summed E-state index contributed by atoms with van der Waals surface area (Å²) in [7, 11) is 0. The van der Waals surface area contributed by atoms with Crippen LogP contribution in [0.5, 0.6) is 5.75 Å². The van der Waals surface area contributed by atoms with Crippen molar-refractivity contribution >= 4 is 17.3 Å². The summed E-state index contributed by atoms with van der Waals surface area (Å²) < 4.78 is 70.7. The third kappa shape index (κ3) is 5.71. The van der Waals surface area contributed by atoms with E-state index >= 15 is 0 Å². The normalized spacial score (nSPS) is 14.1. The standard InChI is InChI=1S/C19H19F5N4O4/c20-16(21)10-32-13-7-11(6-12(8-13)28(30)31)25-17(29)9-27-15-5-3-1-2-4-14(15)18(26-27)19(22,23)24/h6-8,16H,1-5,9-10H2,(H,25,29). The van der Waals surface area contributed by atoms with Crippen LogP contribution in [0, 0.1) is 10.1 Å². The van der Waals surface area contributed by atoms with Gasteiger partial charge in [-0.3, -0.25) is 19.6 Å². The number of rotatable bonds is 7. The highest BCUT2D eigenvalue weighted by molar-refractivity contribution is 5.91. The van der Waals surface area contributed by atoms with Crippen LogP contribution >= 0.6 is 0 Å². The molecule has 0 radical (unpaired) electrons. The van der Waals surface area contributed by atoms with E-state index < -0.39 is 48.0 Å². The predicted octanol–water partition coefficient (Wildman–Crippen LogP) is 4.36. The van der Waals surface area contributed by atoms with E-state index in [2.05, 4.69) is 10.4 Å². The van der Waals surface area contributed by atoms with Crippen LogP contribution in [0.3, 0.4) is 0 Å². The van der Waals surface area contributed by atoms with E-state index in [9.17, 15) is 36.9 Å². The van der Waals surface area contributed by atoms with Gasteiger partial charge in [0, 0.05) is 23.4 Å². The molecule has 0 saturated carbocycles. The molecule has 1 aliphatic rings. The van der Waals surface area contributed by atoms with Gasteiger partial charge in [0.1, 0.15) is 18.9 Å². The number of carbonyl (C=O) groups excluding carboxylic acids is 1. The van der Waals surface area contributed by atoms with Crippen molar-refractivity contribution in [3.63, 3.8) is 0 Å². The van der Waals surface area contributed by atoms with Crippen molar-refractivity contribution in [3.05, 3.63) is 45.3 Å². The van der Waals surface area contributed by atoms with Crippen molar-refractivity contribution < 1.29 is 36.4 Å². The van der Waals surface area contributed by atoms with E-state index in [-0.39, 0.29) is 23.4 Å². The number of benzene rings is 1. The number of fused-ring (bicyclic) bond motifs is 1. The van der Waals surface area contributed by atoms with Gasteiger partial charge < -0.3 is 10.1 Å². The number of nitrogens with one attached hydrogen (secondary N) is 1. The van der Waals surface area contributed by atoms with Crippen molar-refractivity contribution in [2.75, 3.05) is 11.9 Å². The van der Waals surface area contributed by atoms with Gasteiger partial charge >= 0.3 is 6.18 Å². The minimum absolute atomic E-state index is 0.0841. The number of halogens is 5. The van der Waals surface area contributed by atoms with Crippen molar-refractivity contribution in [2.45, 2.75) is 51.3 Å². The number of carbonyl (C=O) groups is 1. The van der Waals surface area contributed by atoms with Crippen LogP contribution in [0.15, 0.2) is 18.2 Å². The molecule has 0 saturated heterocycles. The number of hydrogen-bond acceptors (Lipinski definition) is 5. The monoisotopic (exact) mass is 462 g/mol. The second-order valence-electron chi connectivity index (χ2n) is 7.21. The number of nitro benzene ring substituents is 1. The number of ether oxygens (including phenoxy) is 1. The highest BCUT2D eigenvalue weighted by Gasteiger charge is 2.39. The fourth-order valence-electron chi connectivity index (χ4n) is 3.55. The minimum atomic E-state index is -4.66. The Morgan fingerprint density at radius 1 is 1.22 bits per heavy atom. The lowest BCUT2D eigenvalue weighted by Gasteiger charge is -2.11. The summed E-state index contributed by atoms with van der Waals surface area (Å²) in [6.45, 7) is -1.55. The number of nitrogens with zero attached hydrogens (tertiary/aromatic N) is 3. The van der Waals surface area contributed by atoms with Crippen LogP contribution in [-0.2, 0) is 30.4 Å². The number of hydrogen-bond donors (Lipinski definition) is 1. The zero-order valence-corrected chi connectivity index (χ0v) is 16.6. The third-order valence-electron chi connectivity index (χ3n) is 4.83. The third-order valence-corrected chi connectivity index (χ3v) is 4.83. The number of anilines is 1. The summed E-state index contributed by atoms with van der Waals surface area (Å²) in [5.74, 6) is -1.05. The molecule has 0 fully saturated rings. The van der Waals surface area contributed by atoms with Crippen molar-refractivity contribution in [3.8, 4) is 5.75 Å². The number of non-ortho nitro benzene ring substituents is 1. The fourth-order valence-corrected chi connectivity index (χ4v) is 3.55. The number of nitro groups is 1. The summed E-state index contributed by atoms with van der Waals surface area (Å²) in [5, 5.41) is 17.0. The molecule has 1 heterocycles. The topological polar surface area (TPSA) is 99.3 Å². The van der Waals surface area contributed by atoms with Crippen molar-refractivity contribution in [1.82, 2.24) is 9.78 Å². The molecule has 1 aromatic heterocycles. The Hall–Kier alpha value is -3.25. The van der Waals surface area contributed by atoms with Gasteiger partial charge in [-0.1, -0.05) is 6.42 Å². The molecule has 1 amide bonds. The molecule has 1 aliphatic carbocycles. The second-order valence-corrected chi connectivity index (χ2v) is 7.21. The molecule has 2 aromatic rings. The van der Waals surface area contributed by atoms with E-state index in [0.717, 1.165) is 29.3 Å². The Morgan fingerprint density at radius 3 is 2.59 bits per heavy atom. The molecule has 0 unspecified atom stereocenters. The van der Waals surface area contributed by atoms with Crippen molar-refractivity contribution in [1.29, 1.82) is 0 Å². The lowest BCUT2D eigenvalue weighted by molar-refractivity contribution is -0.384. The smallest absolute Gasteiger partial charge is 0.435 e. The van der Waals surface area contributed by atoms with Gasteiger partial charge in [0.25, 0.3) is 12.1 Å². The second kappa shape index (κ2) is 9.49. The fraction of sp³-hybridized carbons (Fsp3) is 0.474. The molecule has 0 aliphatic heterocycles. The number of aromatic nitrogens is 2. The average Bonchev–Trinajstić information content (AvgIpc) is 2.87. The maximum atomic E-state index is 13.4. The van der Waals surface area contributed by atoms with Crippen LogP contribution in [0.25, 0.3) is 0 Å². The molecule has 174 valence electrons. The van der Waals surface area contributed by atoms with Crippen LogP contribution in [0.4, 0.5) is 33.3 Å². The van der Waals surface area contributed by atoms with E-state index in [4.69, 9.17) is 4.74 Å². The lowest BCUT2D eigenvalue weighted by Crippen LogP contribution is -2.21. The van der Waals surface area contributed by atoms with Gasteiger partial charge in [0.15, 0.2) is 5.69 Å². The quantitative estimate of drug-likeness (QED) is 0.285. The first kappa shape index (κ1) is 23.4. The van der Waals surface area contributed by atoms with Gasteiger partial charge in [0.05, 0.1) is 16.7 Å². The number of amides is 1. The summed E-state index contributed by atoms with van der Waals surface area (Å²) in [5.41, 5.74) is -1.23. The van der Waals surface area contributed by atoms with Gasteiger partial charge in [-0.15, -0.1) is 0 Å². The molecule has 0 atom stereocenters. The summed E-state index contributed by atoms with van der Waals surface area (Å²) in [6.07, 6.45) is -4.92. The zero-order valence-electron chi connectivity index (χ0n) is 16.6. The molecule has 0 bridgehead atoms. The minimum Gasteiger partial charge on any atom is -0.487 e. The van der Waals surface area contributed by atoms with Crippen LogP contribution in [-0.4, -0.2) is 33.6 Å². The van der Waals surface area contributed by atoms with Gasteiger partial charge in [0.2, 0.25) is 5.91 Å². The summed E-state index contributed by atoms with van der Waals surface area (Å²) in [6, 6.07) is 3.01. The highest BCUT2D eigenvalue weighted by Crippen LogP contribution is 2.35. The summed E-state index contributed by atoms with van der Waals surface area (Å²) in [4.78, 5) is 22.8. The SMILES string of the molecule is O=C(Cn1nc(C(F)(F)F)c2c1CCCCC2)Nc1cc(OCC(F)F)cc([N+](=O)[O-])c1. The Labute approximate surface area is 178 Å². The van der Waals surface area contributed by atoms with E-state index in [1.165, 1.54) is 0 Å². The van der Waals surface area contributed by atoms with Crippen LogP contribution < -0.4 is 10.1 Å². The largest absolute Gasteiger partial charge is 0.487 e. The molecular formula is C19H19F5N4O4. The highest BCUT2D eigenvalue weighted by atomic mass is 19.4. The van der Waals surface area contributed by atoms with E-state index in [1.54, 1.807) is 0 Å². The Kier molecular flexibility index (Phi) is 6.94. The van der Waals surface area contributed by atoms with Crippen LogP contribution in [0.1, 0.15) is 36.2 Å². The maximum absolute atomic E-state index is 13.4. The van der Waals surface area contributed by atoms with E-state index in [1.807, 2.05) is 0 Å². The summed E-state index contributed by atoms with van der Waals surface area (Å²) >= 11 is 0. The Morgan fingerprint density at radius 2 is 1.94 bits per heavy atom. The average molecular weight is 462 g/mol. The first-order valence-electron chi connectivity index (χ1n) is 9.70. The Balaban J connectivity index is 1.83. The Bertz CT molecular complexity index is 1010. The van der Waals surface area contributed by atoms with Crippen molar-refractivity contribution in [2.24, 2.45) is 0 Å². The van der Waals surface area contributed by atoms with Crippen LogP contribution in [0.2, 0.25) is 0 Å². The molecule has 1 aromatic carbocycles. The zero-order chi connectivity index (χ0) is 23.5. The molecule has 0 spiro atoms. The molecular weight excluding hydrogens is 443 g/mol. The van der Waals surface area contributed by atoms with Gasteiger partial charge in [-0.05, 0) is 25.7 Å². The molecule has 32 heavy (non-hydrogen) atoms. The molecule has 1 N–H and O–H groups in total. The maximum Gasteiger partial charge on any atom is 0.435 e. The molecule has 3 rings (SSSR count). The van der Waals surface area contributed by atoms with Gasteiger partial charge in [-0.25, -0.2) is 8.78 Å². The lowest BCUT2D eigenvalue weighted by atomic mass is 10.1. The van der Waals surface area contributed by atoms with Gasteiger partial charge in [-0.2, -0.15) is 18.3 Å². The molecule has 13 heteroatoms. The number of alkyl halides is 5. The van der Waals surface area contributed by atoms with E-state index in [0.29, 0.717) is 25.0 Å². The first-order chi connectivity index (χ1) is 15.0. The predicted molar refractivity (Wildman–Crippen MR) is 102 cm³/mol. The first-order valence-corrected chi connectivity index (χ1v) is 9.70.